The van der Waals surface area contributed by atoms with E-state index in [1.54, 1.807) is 13.0 Å². The van der Waals surface area contributed by atoms with E-state index >= 15 is 0 Å². The summed E-state index contributed by atoms with van der Waals surface area (Å²) in [5.74, 6) is -0.0504. The molecular weight excluding hydrogens is 554 g/mol. The van der Waals surface area contributed by atoms with Gasteiger partial charge in [-0.05, 0) is 66.5 Å². The normalized spacial score (nSPS) is 20.4. The number of hydrogen-bond acceptors (Lipinski definition) is 10. The molecule has 1 aromatic carbocycles. The Labute approximate surface area is 244 Å². The lowest BCUT2D eigenvalue weighted by molar-refractivity contribution is 0.0432. The van der Waals surface area contributed by atoms with Crippen LogP contribution in [0.3, 0.4) is 0 Å². The highest BCUT2D eigenvalue weighted by Crippen LogP contribution is 2.44. The van der Waals surface area contributed by atoms with Crippen LogP contribution in [-0.4, -0.2) is 66.1 Å². The summed E-state index contributed by atoms with van der Waals surface area (Å²) in [5.41, 5.74) is 6.41. The maximum Gasteiger partial charge on any atom is 0.407 e. The van der Waals surface area contributed by atoms with Crippen LogP contribution in [0.2, 0.25) is 5.02 Å². The van der Waals surface area contributed by atoms with Gasteiger partial charge >= 0.3 is 12.1 Å². The number of carbonyl (C=O) groups is 2. The molecule has 4 rings (SSSR count). The lowest BCUT2D eigenvalue weighted by Gasteiger charge is -2.43. The second kappa shape index (κ2) is 12.0. The number of aromatic nitrogens is 2. The van der Waals surface area contributed by atoms with Gasteiger partial charge in [0.1, 0.15) is 10.6 Å². The summed E-state index contributed by atoms with van der Waals surface area (Å²) in [5, 5.41) is 4.04. The molecule has 2 saturated heterocycles. The zero-order valence-corrected chi connectivity index (χ0v) is 25.4. The van der Waals surface area contributed by atoms with Gasteiger partial charge in [-0.3, -0.25) is 0 Å². The minimum Gasteiger partial charge on any atom is -0.461 e. The molecule has 40 heavy (non-hydrogen) atoms. The number of carbonyl (C=O) groups excluding carboxylic acids is 2. The van der Waals surface area contributed by atoms with E-state index in [2.05, 4.69) is 10.2 Å². The first kappa shape index (κ1) is 30.2. The first-order valence-corrected chi connectivity index (χ1v) is 14.7. The van der Waals surface area contributed by atoms with Crippen molar-refractivity contribution in [2.45, 2.75) is 82.1 Å². The van der Waals surface area contributed by atoms with Gasteiger partial charge in [-0.15, -0.1) is 0 Å². The van der Waals surface area contributed by atoms with E-state index in [9.17, 15) is 9.59 Å². The topological polar surface area (TPSA) is 129 Å². The zero-order chi connectivity index (χ0) is 29.2. The Balaban J connectivity index is 1.57. The third-order valence-corrected chi connectivity index (χ3v) is 8.84. The monoisotopic (exact) mass is 591 g/mol. The number of piperidine rings is 1. The number of benzene rings is 1. The summed E-state index contributed by atoms with van der Waals surface area (Å²) in [7, 11) is 0. The van der Waals surface area contributed by atoms with Crippen molar-refractivity contribution in [3.8, 4) is 0 Å². The SMILES string of the molecule is CCOC(=O)c1nc(Sc2cccc(N)c2Cl)c(C)nc1N1CCC2(CC1)CO[C@@H](C)[C@H]2NC(=O)OC(C)(C)C. The molecule has 0 saturated carbocycles. The van der Waals surface area contributed by atoms with E-state index < -0.39 is 17.7 Å². The fraction of sp³-hybridized carbons (Fsp3) is 0.571. The number of alkyl carbamates (subject to hydrolysis) is 1. The van der Waals surface area contributed by atoms with E-state index in [0.29, 0.717) is 46.9 Å². The number of hydrogen-bond donors (Lipinski definition) is 2. The summed E-state index contributed by atoms with van der Waals surface area (Å²) in [6, 6.07) is 5.20. The van der Waals surface area contributed by atoms with E-state index in [1.807, 2.05) is 46.8 Å². The second-order valence-electron chi connectivity index (χ2n) is 11.3. The van der Waals surface area contributed by atoms with Gasteiger partial charge in [-0.2, -0.15) is 0 Å². The van der Waals surface area contributed by atoms with Gasteiger partial charge in [-0.25, -0.2) is 19.6 Å². The maximum absolute atomic E-state index is 13.0. The first-order valence-electron chi connectivity index (χ1n) is 13.5. The van der Waals surface area contributed by atoms with Crippen LogP contribution in [0.5, 0.6) is 0 Å². The van der Waals surface area contributed by atoms with Crippen molar-refractivity contribution in [2.75, 3.05) is 36.9 Å². The summed E-state index contributed by atoms with van der Waals surface area (Å²) in [6.45, 7) is 13.1. The molecule has 0 aliphatic carbocycles. The van der Waals surface area contributed by atoms with Crippen molar-refractivity contribution in [3.05, 3.63) is 34.6 Å². The average molecular weight is 592 g/mol. The minimum atomic E-state index is -0.591. The van der Waals surface area contributed by atoms with Crippen LogP contribution in [0.15, 0.2) is 28.1 Å². The van der Waals surface area contributed by atoms with Gasteiger partial charge in [0, 0.05) is 23.4 Å². The number of rotatable bonds is 6. The van der Waals surface area contributed by atoms with Gasteiger partial charge in [0.2, 0.25) is 0 Å². The fourth-order valence-corrected chi connectivity index (χ4v) is 6.30. The number of nitrogens with two attached hydrogens (primary N) is 1. The van der Waals surface area contributed by atoms with Gasteiger partial charge < -0.3 is 30.2 Å². The Morgan fingerprint density at radius 1 is 1.27 bits per heavy atom. The highest BCUT2D eigenvalue weighted by Gasteiger charge is 2.51. The number of anilines is 2. The molecule has 10 nitrogen and oxygen atoms in total. The number of aryl methyl sites for hydroxylation is 1. The number of nitrogens with zero attached hydrogens (tertiary/aromatic N) is 3. The molecule has 0 unspecified atom stereocenters. The van der Waals surface area contributed by atoms with Crippen molar-refractivity contribution in [1.82, 2.24) is 15.3 Å². The Bertz CT molecular complexity index is 1260. The molecule has 2 aliphatic rings. The van der Waals surface area contributed by atoms with Crippen LogP contribution in [0.25, 0.3) is 0 Å². The summed E-state index contributed by atoms with van der Waals surface area (Å²) < 4.78 is 16.9. The Morgan fingerprint density at radius 2 is 1.98 bits per heavy atom. The van der Waals surface area contributed by atoms with Crippen LogP contribution >= 0.6 is 23.4 Å². The lowest BCUT2D eigenvalue weighted by atomic mass is 9.73. The zero-order valence-electron chi connectivity index (χ0n) is 23.9. The fourth-order valence-electron chi connectivity index (χ4n) is 5.16. The van der Waals surface area contributed by atoms with Crippen molar-refractivity contribution in [2.24, 2.45) is 5.41 Å². The largest absolute Gasteiger partial charge is 0.461 e. The number of amides is 1. The standard InChI is InChI=1S/C28H38ClN5O5S/c1-7-37-25(35)21-23(31-16(2)24(32-21)40-19-10-8-9-18(30)20(19)29)34-13-11-28(12-14-34)15-38-17(3)22(28)33-26(36)39-27(4,5)6/h8-10,17,22H,7,11-15,30H2,1-6H3,(H,33,36)/t17-,22+/m0/s1. The summed E-state index contributed by atoms with van der Waals surface area (Å²) >= 11 is 7.71. The molecule has 1 spiro atoms. The van der Waals surface area contributed by atoms with Crippen molar-refractivity contribution < 1.29 is 23.8 Å². The highest BCUT2D eigenvalue weighted by atomic mass is 35.5. The summed E-state index contributed by atoms with van der Waals surface area (Å²) in [6.07, 6.45) is 0.870. The molecule has 2 aliphatic heterocycles. The Kier molecular flexibility index (Phi) is 9.06. The molecule has 3 N–H and O–H groups in total. The summed E-state index contributed by atoms with van der Waals surface area (Å²) in [4.78, 5) is 38.0. The third kappa shape index (κ3) is 6.58. The Hall–Kier alpha value is -2.76. The van der Waals surface area contributed by atoms with Gasteiger partial charge in [0.25, 0.3) is 0 Å². The quantitative estimate of drug-likeness (QED) is 0.339. The van der Waals surface area contributed by atoms with Crippen molar-refractivity contribution in [3.63, 3.8) is 0 Å². The van der Waals surface area contributed by atoms with Crippen LogP contribution in [-0.2, 0) is 14.2 Å². The molecule has 1 amide bonds. The maximum atomic E-state index is 13.0. The van der Waals surface area contributed by atoms with Crippen molar-refractivity contribution >= 4 is 46.9 Å². The predicted molar refractivity (Wildman–Crippen MR) is 155 cm³/mol. The van der Waals surface area contributed by atoms with Gasteiger partial charge in [0.05, 0.1) is 41.8 Å². The van der Waals surface area contributed by atoms with Crippen molar-refractivity contribution in [1.29, 1.82) is 0 Å². The first-order chi connectivity index (χ1) is 18.8. The molecule has 218 valence electrons. The van der Waals surface area contributed by atoms with Gasteiger partial charge in [-0.1, -0.05) is 29.4 Å². The number of nitrogen functional groups attached to an aromatic ring is 1. The highest BCUT2D eigenvalue weighted by molar-refractivity contribution is 7.99. The van der Waals surface area contributed by atoms with Crippen LogP contribution in [0, 0.1) is 12.3 Å². The van der Waals surface area contributed by atoms with E-state index in [4.69, 9.17) is 41.5 Å². The molecule has 1 aromatic heterocycles. The Morgan fingerprint density at radius 3 is 2.62 bits per heavy atom. The third-order valence-electron chi connectivity index (χ3n) is 7.17. The van der Waals surface area contributed by atoms with E-state index in [0.717, 1.165) is 17.7 Å². The second-order valence-corrected chi connectivity index (χ2v) is 12.7. The van der Waals surface area contributed by atoms with Crippen LogP contribution in [0.4, 0.5) is 16.3 Å². The van der Waals surface area contributed by atoms with E-state index in [1.165, 1.54) is 11.8 Å². The molecule has 3 heterocycles. The average Bonchev–Trinajstić information content (AvgIpc) is 3.17. The molecule has 0 bridgehead atoms. The molecule has 2 aromatic rings. The molecule has 2 fully saturated rings. The number of nitrogens with one attached hydrogen (secondary N) is 1. The molecule has 2 atom stereocenters. The lowest BCUT2D eigenvalue weighted by Crippen LogP contribution is -2.55. The van der Waals surface area contributed by atoms with Crippen LogP contribution < -0.4 is 16.0 Å². The number of esters is 1. The number of halogens is 1. The predicted octanol–water partition coefficient (Wildman–Crippen LogP) is 5.25. The number of ether oxygens (including phenoxy) is 3. The van der Waals surface area contributed by atoms with E-state index in [-0.39, 0.29) is 29.9 Å². The van der Waals surface area contributed by atoms with Crippen LogP contribution in [0.1, 0.15) is 63.6 Å². The molecule has 12 heteroatoms. The molecular formula is C28H38ClN5O5S. The molecule has 0 radical (unpaired) electrons. The minimum absolute atomic E-state index is 0.147. The smallest absolute Gasteiger partial charge is 0.407 e. The van der Waals surface area contributed by atoms with Gasteiger partial charge in [0.15, 0.2) is 11.5 Å².